The van der Waals surface area contributed by atoms with Gasteiger partial charge in [0.2, 0.25) is 5.91 Å². The number of aliphatic carboxylic acids is 1. The molecule has 4 amide bonds. The summed E-state index contributed by atoms with van der Waals surface area (Å²) in [6.07, 6.45) is -0.0699. The fraction of sp³-hybridized carbons (Fsp3) is 0.667. The van der Waals surface area contributed by atoms with Gasteiger partial charge in [-0.1, -0.05) is 0 Å². The van der Waals surface area contributed by atoms with Crippen molar-refractivity contribution < 1.29 is 24.3 Å². The third-order valence-electron chi connectivity index (χ3n) is 3.48. The van der Waals surface area contributed by atoms with E-state index in [4.69, 9.17) is 5.11 Å². The normalized spacial score (nSPS) is 24.4. The average molecular weight is 315 g/mol. The number of carboxylic acids is 1. The number of carbonyl (C=O) groups excluding carboxylic acids is 3. The molecule has 0 aromatic heterocycles. The van der Waals surface area contributed by atoms with Crippen LogP contribution in [-0.4, -0.2) is 68.5 Å². The molecular weight excluding hydrogens is 298 g/mol. The minimum absolute atomic E-state index is 0.0412. The van der Waals surface area contributed by atoms with Gasteiger partial charge < -0.3 is 15.3 Å². The number of nitrogens with zero attached hydrogens (tertiary/aromatic N) is 2. The molecule has 2 N–H and O–H groups in total. The summed E-state index contributed by atoms with van der Waals surface area (Å²) in [4.78, 5) is 49.0. The number of hydrogen-bond acceptors (Lipinski definition) is 5. The molecule has 0 saturated carbocycles. The summed E-state index contributed by atoms with van der Waals surface area (Å²) in [6.45, 7) is 3.14. The van der Waals surface area contributed by atoms with Crippen LogP contribution >= 0.6 is 11.8 Å². The van der Waals surface area contributed by atoms with Crippen LogP contribution < -0.4 is 5.32 Å². The minimum atomic E-state index is -1.04. The number of hydrogen-bond donors (Lipinski definition) is 2. The van der Waals surface area contributed by atoms with Crippen LogP contribution in [0.5, 0.6) is 0 Å². The van der Waals surface area contributed by atoms with Crippen molar-refractivity contribution in [2.75, 3.05) is 18.2 Å². The Balaban J connectivity index is 1.94. The van der Waals surface area contributed by atoms with E-state index in [2.05, 4.69) is 5.32 Å². The summed E-state index contributed by atoms with van der Waals surface area (Å²) < 4.78 is 0. The van der Waals surface area contributed by atoms with Crippen molar-refractivity contribution in [2.24, 2.45) is 0 Å². The lowest BCUT2D eigenvalue weighted by Crippen LogP contribution is -2.44. The van der Waals surface area contributed by atoms with E-state index in [0.717, 1.165) is 4.90 Å². The summed E-state index contributed by atoms with van der Waals surface area (Å²) in [7, 11) is 0. The summed E-state index contributed by atoms with van der Waals surface area (Å²) >= 11 is 1.37. The SMILES string of the molecule is CC1(C)NC(=O)N(CCC(=O)N2CSCC2C(=O)O)C1=O. The molecule has 0 radical (unpaired) electrons. The highest BCUT2D eigenvalue weighted by atomic mass is 32.2. The number of thioether (sulfide) groups is 1. The van der Waals surface area contributed by atoms with Crippen molar-refractivity contribution in [1.82, 2.24) is 15.1 Å². The van der Waals surface area contributed by atoms with Gasteiger partial charge in [0.1, 0.15) is 11.6 Å². The molecule has 0 aromatic carbocycles. The Morgan fingerprint density at radius 2 is 2.10 bits per heavy atom. The van der Waals surface area contributed by atoms with Crippen LogP contribution in [0.15, 0.2) is 0 Å². The van der Waals surface area contributed by atoms with Gasteiger partial charge in [-0.05, 0) is 13.8 Å². The molecule has 2 saturated heterocycles. The number of carboxylic acid groups (broad SMARTS) is 1. The first-order valence-electron chi connectivity index (χ1n) is 6.48. The maximum absolute atomic E-state index is 12.1. The quantitative estimate of drug-likeness (QED) is 0.689. The first-order valence-corrected chi connectivity index (χ1v) is 7.63. The standard InChI is InChI=1S/C12H17N3O5S/c1-12(2)10(19)14(11(20)13-12)4-3-8(16)15-6-21-5-7(15)9(17)18/h7H,3-6H2,1-2H3,(H,13,20)(H,17,18). The topological polar surface area (TPSA) is 107 Å². The highest BCUT2D eigenvalue weighted by Crippen LogP contribution is 2.22. The lowest BCUT2D eigenvalue weighted by atomic mass is 10.1. The van der Waals surface area contributed by atoms with Crippen molar-refractivity contribution >= 4 is 35.6 Å². The van der Waals surface area contributed by atoms with Crippen LogP contribution in [0.2, 0.25) is 0 Å². The number of rotatable bonds is 4. The Bertz CT molecular complexity index is 507. The van der Waals surface area contributed by atoms with E-state index in [9.17, 15) is 19.2 Å². The van der Waals surface area contributed by atoms with Crippen LogP contribution in [-0.2, 0) is 14.4 Å². The van der Waals surface area contributed by atoms with Gasteiger partial charge in [0.25, 0.3) is 5.91 Å². The van der Waals surface area contributed by atoms with Gasteiger partial charge in [0.05, 0.1) is 5.88 Å². The van der Waals surface area contributed by atoms with E-state index in [-0.39, 0.29) is 24.8 Å². The van der Waals surface area contributed by atoms with Gasteiger partial charge in [0, 0.05) is 18.7 Å². The molecule has 2 aliphatic rings. The Labute approximate surface area is 125 Å². The number of urea groups is 1. The molecule has 8 nitrogen and oxygen atoms in total. The van der Waals surface area contributed by atoms with Gasteiger partial charge in [-0.25, -0.2) is 9.59 Å². The molecule has 1 atom stereocenters. The molecular formula is C12H17N3O5S. The molecule has 2 aliphatic heterocycles. The highest BCUT2D eigenvalue weighted by molar-refractivity contribution is 7.99. The van der Waals surface area contributed by atoms with Gasteiger partial charge in [0.15, 0.2) is 0 Å². The maximum Gasteiger partial charge on any atom is 0.327 e. The van der Waals surface area contributed by atoms with E-state index >= 15 is 0 Å². The number of amides is 4. The maximum atomic E-state index is 12.1. The minimum Gasteiger partial charge on any atom is -0.480 e. The molecule has 0 aliphatic carbocycles. The molecule has 2 rings (SSSR count). The molecule has 9 heteroatoms. The fourth-order valence-electron chi connectivity index (χ4n) is 2.27. The predicted molar refractivity (Wildman–Crippen MR) is 74.5 cm³/mol. The summed E-state index contributed by atoms with van der Waals surface area (Å²) in [5.74, 6) is -1.10. The smallest absolute Gasteiger partial charge is 0.327 e. The average Bonchev–Trinajstić information content (AvgIpc) is 2.93. The summed E-state index contributed by atoms with van der Waals surface area (Å²) in [5, 5.41) is 11.6. The Hall–Kier alpha value is -1.77. The molecule has 0 bridgehead atoms. The molecule has 116 valence electrons. The zero-order chi connectivity index (χ0) is 15.8. The lowest BCUT2D eigenvalue weighted by Gasteiger charge is -2.22. The van der Waals surface area contributed by atoms with Gasteiger partial charge in [-0.15, -0.1) is 11.8 Å². The van der Waals surface area contributed by atoms with Crippen LogP contribution in [0.25, 0.3) is 0 Å². The van der Waals surface area contributed by atoms with E-state index in [0.29, 0.717) is 11.6 Å². The second kappa shape index (κ2) is 5.55. The van der Waals surface area contributed by atoms with Crippen molar-refractivity contribution in [3.05, 3.63) is 0 Å². The van der Waals surface area contributed by atoms with E-state index in [1.54, 1.807) is 13.8 Å². The van der Waals surface area contributed by atoms with Crippen LogP contribution in [0, 0.1) is 0 Å². The number of carbonyl (C=O) groups is 4. The first kappa shape index (κ1) is 15.6. The Kier molecular flexibility index (Phi) is 4.13. The van der Waals surface area contributed by atoms with Crippen molar-refractivity contribution in [3.8, 4) is 0 Å². The molecule has 2 fully saturated rings. The van der Waals surface area contributed by atoms with Crippen LogP contribution in [0.3, 0.4) is 0 Å². The predicted octanol–water partition coefficient (Wildman–Crippen LogP) is -0.307. The van der Waals surface area contributed by atoms with E-state index in [1.807, 2.05) is 0 Å². The van der Waals surface area contributed by atoms with Crippen molar-refractivity contribution in [1.29, 1.82) is 0 Å². The largest absolute Gasteiger partial charge is 0.480 e. The highest BCUT2D eigenvalue weighted by Gasteiger charge is 2.44. The second-order valence-electron chi connectivity index (χ2n) is 5.48. The fourth-order valence-corrected chi connectivity index (χ4v) is 3.44. The summed E-state index contributed by atoms with van der Waals surface area (Å²) in [5.41, 5.74) is -0.965. The number of nitrogens with one attached hydrogen (secondary N) is 1. The number of imide groups is 1. The van der Waals surface area contributed by atoms with E-state index in [1.165, 1.54) is 16.7 Å². The Morgan fingerprint density at radius 1 is 1.43 bits per heavy atom. The van der Waals surface area contributed by atoms with Gasteiger partial charge in [-0.2, -0.15) is 0 Å². The first-order chi connectivity index (χ1) is 9.74. The molecule has 0 spiro atoms. The van der Waals surface area contributed by atoms with Crippen LogP contribution in [0.4, 0.5) is 4.79 Å². The second-order valence-corrected chi connectivity index (χ2v) is 6.48. The third-order valence-corrected chi connectivity index (χ3v) is 4.49. The molecule has 2 heterocycles. The van der Waals surface area contributed by atoms with Gasteiger partial charge in [-0.3, -0.25) is 14.5 Å². The third kappa shape index (κ3) is 2.97. The van der Waals surface area contributed by atoms with Crippen molar-refractivity contribution in [3.63, 3.8) is 0 Å². The molecule has 0 aromatic rings. The zero-order valence-corrected chi connectivity index (χ0v) is 12.6. The molecule has 21 heavy (non-hydrogen) atoms. The van der Waals surface area contributed by atoms with Crippen molar-refractivity contribution in [2.45, 2.75) is 31.8 Å². The molecule has 1 unspecified atom stereocenters. The monoisotopic (exact) mass is 315 g/mol. The Morgan fingerprint density at radius 3 is 2.62 bits per heavy atom. The van der Waals surface area contributed by atoms with Crippen LogP contribution in [0.1, 0.15) is 20.3 Å². The van der Waals surface area contributed by atoms with Gasteiger partial charge >= 0.3 is 12.0 Å². The lowest BCUT2D eigenvalue weighted by molar-refractivity contribution is -0.148. The van der Waals surface area contributed by atoms with E-state index < -0.39 is 23.6 Å². The zero-order valence-electron chi connectivity index (χ0n) is 11.8. The summed E-state index contributed by atoms with van der Waals surface area (Å²) in [6, 6.07) is -1.36.